The van der Waals surface area contributed by atoms with Gasteiger partial charge in [-0.2, -0.15) is 0 Å². The molecular formula is C37H68NO10P. The Morgan fingerprint density at radius 1 is 0.633 bits per heavy atom. The van der Waals surface area contributed by atoms with Gasteiger partial charge in [-0.25, -0.2) is 4.57 Å². The number of carbonyl (C=O) groups is 3. The highest BCUT2D eigenvalue weighted by Crippen LogP contribution is 2.43. The molecule has 3 atom stereocenters. The number of phosphoric ester groups is 1. The first-order chi connectivity index (χ1) is 23.6. The number of carbonyl (C=O) groups excluding carboxylic acids is 2. The average molecular weight is 718 g/mol. The van der Waals surface area contributed by atoms with Crippen molar-refractivity contribution in [3.05, 3.63) is 24.3 Å². The van der Waals surface area contributed by atoms with Gasteiger partial charge in [0.15, 0.2) is 6.10 Å². The molecule has 11 nitrogen and oxygen atoms in total. The first-order valence-electron chi connectivity index (χ1n) is 18.9. The second-order valence-electron chi connectivity index (χ2n) is 12.7. The van der Waals surface area contributed by atoms with E-state index in [1.807, 2.05) is 0 Å². The molecule has 0 aromatic carbocycles. The van der Waals surface area contributed by atoms with Crippen LogP contribution in [0.1, 0.15) is 162 Å². The molecule has 0 aliphatic heterocycles. The van der Waals surface area contributed by atoms with Gasteiger partial charge in [-0.15, -0.1) is 0 Å². The largest absolute Gasteiger partial charge is 0.480 e. The predicted octanol–water partition coefficient (Wildman–Crippen LogP) is 9.11. The topological polar surface area (TPSA) is 172 Å². The molecule has 12 heteroatoms. The van der Waals surface area contributed by atoms with E-state index in [9.17, 15) is 23.8 Å². The molecular weight excluding hydrogens is 649 g/mol. The van der Waals surface area contributed by atoms with E-state index >= 15 is 0 Å². The third-order valence-electron chi connectivity index (χ3n) is 7.95. The van der Waals surface area contributed by atoms with Crippen LogP contribution in [0.5, 0.6) is 0 Å². The van der Waals surface area contributed by atoms with Gasteiger partial charge in [-0.3, -0.25) is 23.4 Å². The van der Waals surface area contributed by atoms with Crippen molar-refractivity contribution >= 4 is 25.7 Å². The Morgan fingerprint density at radius 3 is 1.63 bits per heavy atom. The lowest BCUT2D eigenvalue weighted by Crippen LogP contribution is -2.34. The maximum absolute atomic E-state index is 12.5. The molecule has 0 aromatic heterocycles. The van der Waals surface area contributed by atoms with Gasteiger partial charge in [0.25, 0.3) is 0 Å². The van der Waals surface area contributed by atoms with Crippen molar-refractivity contribution in [2.75, 3.05) is 19.8 Å². The summed E-state index contributed by atoms with van der Waals surface area (Å²) < 4.78 is 32.5. The van der Waals surface area contributed by atoms with Gasteiger partial charge in [0.05, 0.1) is 13.2 Å². The number of carboxylic acids is 1. The minimum atomic E-state index is -4.71. The standard InChI is InChI=1S/C37H68NO10P/c1-3-5-7-9-11-13-15-16-17-18-19-21-23-25-27-29-36(40)48-33(31-46-49(43,44)47-32-34(38)37(41)42)30-45-35(39)28-26-24-22-20-14-12-10-8-6-4-2/h11,13,16-17,33-34H,3-10,12,14-15,18-32,38H2,1-2H3,(H,41,42)(H,43,44)/b13-11-,17-16-. The van der Waals surface area contributed by atoms with Crippen molar-refractivity contribution in [1.29, 1.82) is 0 Å². The zero-order valence-corrected chi connectivity index (χ0v) is 31.4. The van der Waals surface area contributed by atoms with Gasteiger partial charge in [-0.1, -0.05) is 128 Å². The number of aliphatic carboxylic acids is 1. The lowest BCUT2D eigenvalue weighted by molar-refractivity contribution is -0.161. The summed E-state index contributed by atoms with van der Waals surface area (Å²) in [6, 6.07) is -1.52. The van der Waals surface area contributed by atoms with E-state index in [2.05, 4.69) is 42.7 Å². The molecule has 0 aliphatic rings. The zero-order valence-electron chi connectivity index (χ0n) is 30.5. The fraction of sp³-hybridized carbons (Fsp3) is 0.811. The van der Waals surface area contributed by atoms with Crippen LogP contribution in [0.25, 0.3) is 0 Å². The molecule has 0 heterocycles. The van der Waals surface area contributed by atoms with Crippen molar-refractivity contribution in [1.82, 2.24) is 0 Å². The molecule has 0 aromatic rings. The minimum Gasteiger partial charge on any atom is -0.480 e. The maximum Gasteiger partial charge on any atom is 0.472 e. The molecule has 0 saturated carbocycles. The third kappa shape index (κ3) is 32.9. The summed E-state index contributed by atoms with van der Waals surface area (Å²) >= 11 is 0. The second-order valence-corrected chi connectivity index (χ2v) is 14.2. The predicted molar refractivity (Wildman–Crippen MR) is 194 cm³/mol. The molecule has 0 radical (unpaired) electrons. The molecule has 0 amide bonds. The van der Waals surface area contributed by atoms with Crippen molar-refractivity contribution in [2.24, 2.45) is 5.73 Å². The molecule has 49 heavy (non-hydrogen) atoms. The fourth-order valence-corrected chi connectivity index (χ4v) is 5.70. The van der Waals surface area contributed by atoms with E-state index in [1.165, 1.54) is 57.8 Å². The molecule has 3 unspecified atom stereocenters. The number of esters is 2. The highest BCUT2D eigenvalue weighted by molar-refractivity contribution is 7.47. The monoisotopic (exact) mass is 717 g/mol. The number of rotatable bonds is 35. The smallest absolute Gasteiger partial charge is 0.472 e. The van der Waals surface area contributed by atoms with Gasteiger partial charge in [-0.05, 0) is 44.9 Å². The lowest BCUT2D eigenvalue weighted by atomic mass is 10.1. The summed E-state index contributed by atoms with van der Waals surface area (Å²) in [5, 5.41) is 8.85. The van der Waals surface area contributed by atoms with Gasteiger partial charge >= 0.3 is 25.7 Å². The number of carboxylic acid groups (broad SMARTS) is 1. The summed E-state index contributed by atoms with van der Waals surface area (Å²) in [4.78, 5) is 45.7. The summed E-state index contributed by atoms with van der Waals surface area (Å²) in [5.41, 5.74) is 5.31. The van der Waals surface area contributed by atoms with Crippen molar-refractivity contribution in [3.63, 3.8) is 0 Å². The molecule has 4 N–H and O–H groups in total. The molecule has 0 aliphatic carbocycles. The summed E-state index contributed by atoms with van der Waals surface area (Å²) in [5.74, 6) is -2.40. The third-order valence-corrected chi connectivity index (χ3v) is 8.90. The van der Waals surface area contributed by atoms with Crippen LogP contribution in [0, 0.1) is 0 Å². The SMILES string of the molecule is CCCCC/C=C\C/C=C\CCCCCCCC(=O)OC(COC(=O)CCCCCCCCCCCC)COP(=O)(O)OCC(N)C(=O)O. The van der Waals surface area contributed by atoms with E-state index in [4.69, 9.17) is 24.8 Å². The van der Waals surface area contributed by atoms with Gasteiger partial charge in [0.1, 0.15) is 12.6 Å². The maximum atomic E-state index is 12.5. The second kappa shape index (κ2) is 33.1. The molecule has 0 bridgehead atoms. The average Bonchev–Trinajstić information content (AvgIpc) is 3.07. The normalized spacial score (nSPS) is 14.2. The Hall–Kier alpha value is -2.04. The number of allylic oxidation sites excluding steroid dienone is 4. The number of nitrogens with two attached hydrogens (primary N) is 1. The summed E-state index contributed by atoms with van der Waals surface area (Å²) in [7, 11) is -4.71. The van der Waals surface area contributed by atoms with Crippen molar-refractivity contribution < 1.29 is 47.5 Å². The van der Waals surface area contributed by atoms with E-state index in [0.29, 0.717) is 12.8 Å². The highest BCUT2D eigenvalue weighted by Gasteiger charge is 2.28. The first kappa shape index (κ1) is 47.0. The van der Waals surface area contributed by atoms with E-state index in [-0.39, 0.29) is 19.4 Å². The number of hydrogen-bond donors (Lipinski definition) is 3. The van der Waals surface area contributed by atoms with Crippen LogP contribution >= 0.6 is 7.82 Å². The molecule has 286 valence electrons. The summed E-state index contributed by atoms with van der Waals surface area (Å²) in [6.45, 7) is 2.72. The van der Waals surface area contributed by atoms with Gasteiger partial charge in [0.2, 0.25) is 0 Å². The van der Waals surface area contributed by atoms with Gasteiger partial charge in [0, 0.05) is 12.8 Å². The van der Waals surface area contributed by atoms with Crippen molar-refractivity contribution in [3.8, 4) is 0 Å². The molecule has 0 fully saturated rings. The fourth-order valence-electron chi connectivity index (χ4n) is 4.92. The van der Waals surface area contributed by atoms with E-state index < -0.39 is 51.1 Å². The Morgan fingerprint density at radius 2 is 1.08 bits per heavy atom. The van der Waals surface area contributed by atoms with Crippen LogP contribution < -0.4 is 5.73 Å². The van der Waals surface area contributed by atoms with Crippen LogP contribution in [-0.2, 0) is 37.5 Å². The van der Waals surface area contributed by atoms with E-state index in [0.717, 1.165) is 64.2 Å². The van der Waals surface area contributed by atoms with Crippen molar-refractivity contribution in [2.45, 2.75) is 174 Å². The Labute approximate surface area is 296 Å². The number of hydrogen-bond acceptors (Lipinski definition) is 9. The quantitative estimate of drug-likeness (QED) is 0.0247. The minimum absolute atomic E-state index is 0.147. The first-order valence-corrected chi connectivity index (χ1v) is 20.4. The van der Waals surface area contributed by atoms with Crippen LogP contribution in [-0.4, -0.2) is 59.9 Å². The number of ether oxygens (including phenoxy) is 2. The van der Waals surface area contributed by atoms with Crippen LogP contribution in [0.3, 0.4) is 0 Å². The van der Waals surface area contributed by atoms with Crippen LogP contribution in [0.15, 0.2) is 24.3 Å². The number of unbranched alkanes of at least 4 members (excludes halogenated alkanes) is 17. The highest BCUT2D eigenvalue weighted by atomic mass is 31.2. The van der Waals surface area contributed by atoms with E-state index in [1.54, 1.807) is 0 Å². The molecule has 0 spiro atoms. The van der Waals surface area contributed by atoms with Crippen LogP contribution in [0.2, 0.25) is 0 Å². The van der Waals surface area contributed by atoms with Crippen LogP contribution in [0.4, 0.5) is 0 Å². The molecule has 0 saturated heterocycles. The van der Waals surface area contributed by atoms with Gasteiger partial charge < -0.3 is 25.2 Å². The Bertz CT molecular complexity index is 942. The zero-order chi connectivity index (χ0) is 36.4. The Balaban J connectivity index is 4.47. The summed E-state index contributed by atoms with van der Waals surface area (Å²) in [6.07, 6.45) is 31.1. The lowest BCUT2D eigenvalue weighted by Gasteiger charge is -2.20. The molecule has 0 rings (SSSR count). The Kier molecular flexibility index (Phi) is 31.7. The number of phosphoric acid groups is 1.